The van der Waals surface area contributed by atoms with E-state index in [-0.39, 0.29) is 12.2 Å². The molecule has 98 valence electrons. The van der Waals surface area contributed by atoms with Crippen molar-refractivity contribution in [2.45, 2.75) is 6.54 Å². The van der Waals surface area contributed by atoms with E-state index in [1.54, 1.807) is 30.5 Å². The smallest absolute Gasteiger partial charge is 0.274 e. The number of nitrogen functional groups attached to an aromatic ring is 1. The second kappa shape index (κ2) is 5.66. The summed E-state index contributed by atoms with van der Waals surface area (Å²) >= 11 is 3.26. The standard InChI is InChI=1S/C12H11BrN4O2/c13-9-5-10(14)12(16-7-9)15-6-8-3-1-2-4-11(8)17(18)19/h1-5,7H,6,14H2,(H,15,16). The lowest BCUT2D eigenvalue weighted by molar-refractivity contribution is -0.385. The lowest BCUT2D eigenvalue weighted by Gasteiger charge is -2.08. The number of para-hydroxylation sites is 1. The van der Waals surface area contributed by atoms with Gasteiger partial charge in [0, 0.05) is 28.8 Å². The van der Waals surface area contributed by atoms with E-state index in [0.717, 1.165) is 4.47 Å². The monoisotopic (exact) mass is 322 g/mol. The highest BCUT2D eigenvalue weighted by Gasteiger charge is 2.12. The average Bonchev–Trinajstić information content (AvgIpc) is 2.38. The summed E-state index contributed by atoms with van der Waals surface area (Å²) in [5.41, 5.74) is 6.93. The SMILES string of the molecule is Nc1cc(Br)cnc1NCc1ccccc1[N+](=O)[O-]. The Morgan fingerprint density at radius 1 is 1.42 bits per heavy atom. The van der Waals surface area contributed by atoms with Gasteiger partial charge < -0.3 is 11.1 Å². The van der Waals surface area contributed by atoms with Crippen LogP contribution >= 0.6 is 15.9 Å². The van der Waals surface area contributed by atoms with E-state index in [2.05, 4.69) is 26.2 Å². The minimum Gasteiger partial charge on any atom is -0.396 e. The summed E-state index contributed by atoms with van der Waals surface area (Å²) in [6, 6.07) is 8.26. The molecule has 0 aliphatic rings. The zero-order chi connectivity index (χ0) is 13.8. The Labute approximate surface area is 117 Å². The maximum atomic E-state index is 10.9. The van der Waals surface area contributed by atoms with Crippen molar-refractivity contribution in [3.63, 3.8) is 0 Å². The number of benzene rings is 1. The van der Waals surface area contributed by atoms with Crippen LogP contribution in [-0.2, 0) is 6.54 Å². The van der Waals surface area contributed by atoms with Crippen LogP contribution in [0.3, 0.4) is 0 Å². The molecule has 0 aliphatic heterocycles. The first-order valence-electron chi connectivity index (χ1n) is 5.45. The van der Waals surface area contributed by atoms with Crippen molar-refractivity contribution >= 4 is 33.1 Å². The Hall–Kier alpha value is -2.15. The van der Waals surface area contributed by atoms with Gasteiger partial charge in [-0.15, -0.1) is 0 Å². The van der Waals surface area contributed by atoms with Gasteiger partial charge in [-0.05, 0) is 22.0 Å². The van der Waals surface area contributed by atoms with Crippen LogP contribution < -0.4 is 11.1 Å². The van der Waals surface area contributed by atoms with Crippen molar-refractivity contribution in [3.05, 3.63) is 56.7 Å². The zero-order valence-electron chi connectivity index (χ0n) is 9.84. The molecule has 1 aromatic carbocycles. The number of anilines is 2. The van der Waals surface area contributed by atoms with Crippen LogP contribution in [0.2, 0.25) is 0 Å². The molecule has 2 rings (SSSR count). The van der Waals surface area contributed by atoms with E-state index in [4.69, 9.17) is 5.73 Å². The Kier molecular flexibility index (Phi) is 3.96. The Morgan fingerprint density at radius 3 is 2.84 bits per heavy atom. The molecule has 7 heteroatoms. The largest absolute Gasteiger partial charge is 0.396 e. The number of pyridine rings is 1. The first kappa shape index (κ1) is 13.3. The molecule has 0 amide bonds. The highest BCUT2D eigenvalue weighted by molar-refractivity contribution is 9.10. The number of nitro groups is 1. The number of aromatic nitrogens is 1. The van der Waals surface area contributed by atoms with Gasteiger partial charge in [0.15, 0.2) is 0 Å². The van der Waals surface area contributed by atoms with Crippen molar-refractivity contribution in [1.82, 2.24) is 4.98 Å². The van der Waals surface area contributed by atoms with Crippen molar-refractivity contribution in [2.75, 3.05) is 11.1 Å². The van der Waals surface area contributed by atoms with Crippen LogP contribution in [0.4, 0.5) is 17.2 Å². The Morgan fingerprint density at radius 2 is 2.16 bits per heavy atom. The van der Waals surface area contributed by atoms with Gasteiger partial charge in [-0.25, -0.2) is 4.98 Å². The number of nitrogens with zero attached hydrogens (tertiary/aromatic N) is 2. The number of nitrogens with two attached hydrogens (primary N) is 1. The summed E-state index contributed by atoms with van der Waals surface area (Å²) in [5, 5.41) is 13.9. The molecule has 6 nitrogen and oxygen atoms in total. The minimum atomic E-state index is -0.407. The molecule has 3 N–H and O–H groups in total. The Balaban J connectivity index is 2.17. The molecule has 1 heterocycles. The zero-order valence-corrected chi connectivity index (χ0v) is 11.4. The summed E-state index contributed by atoms with van der Waals surface area (Å²) in [5.74, 6) is 0.501. The van der Waals surface area contributed by atoms with Crippen LogP contribution in [0.5, 0.6) is 0 Å². The normalized spacial score (nSPS) is 10.2. The molecular formula is C12H11BrN4O2. The third-order valence-corrected chi connectivity index (χ3v) is 2.95. The molecular weight excluding hydrogens is 312 g/mol. The van der Waals surface area contributed by atoms with Crippen molar-refractivity contribution in [1.29, 1.82) is 0 Å². The van der Waals surface area contributed by atoms with E-state index in [0.29, 0.717) is 17.1 Å². The average molecular weight is 323 g/mol. The third-order valence-electron chi connectivity index (χ3n) is 2.52. The molecule has 19 heavy (non-hydrogen) atoms. The molecule has 0 unspecified atom stereocenters. The summed E-state index contributed by atoms with van der Waals surface area (Å²) in [6.07, 6.45) is 1.61. The second-order valence-electron chi connectivity index (χ2n) is 3.83. The second-order valence-corrected chi connectivity index (χ2v) is 4.75. The number of halogens is 1. The number of hydrogen-bond acceptors (Lipinski definition) is 5. The van der Waals surface area contributed by atoms with E-state index in [9.17, 15) is 10.1 Å². The minimum absolute atomic E-state index is 0.0747. The van der Waals surface area contributed by atoms with Gasteiger partial charge in [-0.2, -0.15) is 0 Å². The first-order chi connectivity index (χ1) is 9.08. The van der Waals surface area contributed by atoms with E-state index < -0.39 is 4.92 Å². The summed E-state index contributed by atoms with van der Waals surface area (Å²) in [4.78, 5) is 14.6. The summed E-state index contributed by atoms with van der Waals surface area (Å²) in [7, 11) is 0. The van der Waals surface area contributed by atoms with Gasteiger partial charge in [-0.3, -0.25) is 10.1 Å². The lowest BCUT2D eigenvalue weighted by atomic mass is 10.2. The number of rotatable bonds is 4. The lowest BCUT2D eigenvalue weighted by Crippen LogP contribution is -2.06. The van der Waals surface area contributed by atoms with Gasteiger partial charge in [0.25, 0.3) is 5.69 Å². The van der Waals surface area contributed by atoms with E-state index in [1.165, 1.54) is 6.07 Å². The van der Waals surface area contributed by atoms with Crippen LogP contribution in [0.25, 0.3) is 0 Å². The molecule has 0 atom stereocenters. The predicted molar refractivity (Wildman–Crippen MR) is 76.8 cm³/mol. The fraction of sp³-hybridized carbons (Fsp3) is 0.0833. The van der Waals surface area contributed by atoms with Gasteiger partial charge in [0.1, 0.15) is 5.82 Å². The third kappa shape index (κ3) is 3.19. The van der Waals surface area contributed by atoms with Crippen LogP contribution in [0.15, 0.2) is 41.0 Å². The van der Waals surface area contributed by atoms with Gasteiger partial charge in [0.05, 0.1) is 10.6 Å². The molecule has 0 saturated heterocycles. The molecule has 0 radical (unpaired) electrons. The van der Waals surface area contributed by atoms with Crippen LogP contribution in [0, 0.1) is 10.1 Å². The summed E-state index contributed by atoms with van der Waals surface area (Å²) < 4.78 is 0.779. The van der Waals surface area contributed by atoms with E-state index in [1.807, 2.05) is 0 Å². The van der Waals surface area contributed by atoms with Crippen LogP contribution in [-0.4, -0.2) is 9.91 Å². The van der Waals surface area contributed by atoms with E-state index >= 15 is 0 Å². The Bertz CT molecular complexity index is 618. The fourth-order valence-corrected chi connectivity index (χ4v) is 1.97. The fourth-order valence-electron chi connectivity index (χ4n) is 1.62. The van der Waals surface area contributed by atoms with Gasteiger partial charge in [0.2, 0.25) is 0 Å². The molecule has 0 bridgehead atoms. The molecule has 0 spiro atoms. The maximum absolute atomic E-state index is 10.9. The molecule has 1 aromatic heterocycles. The quantitative estimate of drug-likeness (QED) is 0.666. The summed E-state index contributed by atoms with van der Waals surface area (Å²) in [6.45, 7) is 0.288. The molecule has 0 saturated carbocycles. The highest BCUT2D eigenvalue weighted by atomic mass is 79.9. The van der Waals surface area contributed by atoms with Crippen LogP contribution in [0.1, 0.15) is 5.56 Å². The molecule has 0 fully saturated rings. The molecule has 0 aliphatic carbocycles. The molecule has 2 aromatic rings. The highest BCUT2D eigenvalue weighted by Crippen LogP contribution is 2.22. The number of nitrogens with one attached hydrogen (secondary N) is 1. The van der Waals surface area contributed by atoms with Gasteiger partial charge in [-0.1, -0.05) is 18.2 Å². The number of hydrogen-bond donors (Lipinski definition) is 2. The van der Waals surface area contributed by atoms with Crippen molar-refractivity contribution < 1.29 is 4.92 Å². The van der Waals surface area contributed by atoms with Crippen molar-refractivity contribution in [2.24, 2.45) is 0 Å². The van der Waals surface area contributed by atoms with Gasteiger partial charge >= 0.3 is 0 Å². The number of nitro benzene ring substituents is 1. The van der Waals surface area contributed by atoms with Crippen molar-refractivity contribution in [3.8, 4) is 0 Å². The topological polar surface area (TPSA) is 94.1 Å². The maximum Gasteiger partial charge on any atom is 0.274 e. The first-order valence-corrected chi connectivity index (χ1v) is 6.24. The predicted octanol–water partition coefficient (Wildman–Crippen LogP) is 2.95.